The maximum absolute atomic E-state index is 12.5. The smallest absolute Gasteiger partial charge is 0.235 e. The highest BCUT2D eigenvalue weighted by atomic mass is 32.2. The number of amides is 2. The standard InChI is InChI=1S/C15H20N2O2S/c1-11(20-2)15(19)17-9-8-16-14(18)10-13(17)12-6-4-3-5-7-12/h3-7,11,13H,8-10H2,1-2H3,(H,16,18)/t11-,13+/m1/s1. The van der Waals surface area contributed by atoms with Gasteiger partial charge in [0.2, 0.25) is 11.8 Å². The van der Waals surface area contributed by atoms with E-state index in [0.29, 0.717) is 19.5 Å². The summed E-state index contributed by atoms with van der Waals surface area (Å²) in [5, 5.41) is 2.76. The van der Waals surface area contributed by atoms with E-state index >= 15 is 0 Å². The van der Waals surface area contributed by atoms with Crippen LogP contribution in [0.25, 0.3) is 0 Å². The van der Waals surface area contributed by atoms with E-state index in [0.717, 1.165) is 5.56 Å². The average Bonchev–Trinajstić information content (AvgIpc) is 2.68. The Labute approximate surface area is 123 Å². The molecular weight excluding hydrogens is 272 g/mol. The minimum atomic E-state index is -0.166. The molecule has 1 fully saturated rings. The van der Waals surface area contributed by atoms with Gasteiger partial charge in [-0.3, -0.25) is 9.59 Å². The first kappa shape index (κ1) is 14.9. The summed E-state index contributed by atoms with van der Waals surface area (Å²) in [6, 6.07) is 9.62. The molecule has 0 radical (unpaired) electrons. The molecule has 1 saturated heterocycles. The molecule has 0 aliphatic carbocycles. The molecule has 0 spiro atoms. The Hall–Kier alpha value is -1.49. The Morgan fingerprint density at radius 1 is 1.40 bits per heavy atom. The van der Waals surface area contributed by atoms with Gasteiger partial charge in [-0.1, -0.05) is 30.3 Å². The number of hydrogen-bond acceptors (Lipinski definition) is 3. The Morgan fingerprint density at radius 3 is 2.75 bits per heavy atom. The summed E-state index contributed by atoms with van der Waals surface area (Å²) in [7, 11) is 0. The van der Waals surface area contributed by atoms with E-state index in [1.54, 1.807) is 0 Å². The van der Waals surface area contributed by atoms with Crippen LogP contribution in [0.2, 0.25) is 0 Å². The van der Waals surface area contributed by atoms with Gasteiger partial charge in [0, 0.05) is 13.1 Å². The van der Waals surface area contributed by atoms with Gasteiger partial charge in [-0.25, -0.2) is 0 Å². The maximum atomic E-state index is 12.5. The van der Waals surface area contributed by atoms with E-state index in [2.05, 4.69) is 5.32 Å². The van der Waals surface area contributed by atoms with Gasteiger partial charge in [-0.2, -0.15) is 11.8 Å². The summed E-state index contributed by atoms with van der Waals surface area (Å²) >= 11 is 1.53. The Balaban J connectivity index is 2.30. The summed E-state index contributed by atoms with van der Waals surface area (Å²) in [4.78, 5) is 26.2. The number of thioether (sulfide) groups is 1. The van der Waals surface area contributed by atoms with Gasteiger partial charge in [0.15, 0.2) is 0 Å². The van der Waals surface area contributed by atoms with Crippen LogP contribution >= 0.6 is 11.8 Å². The fraction of sp³-hybridized carbons (Fsp3) is 0.467. The van der Waals surface area contributed by atoms with Gasteiger partial charge in [0.05, 0.1) is 17.7 Å². The number of hydrogen-bond donors (Lipinski definition) is 1. The SMILES string of the molecule is CS[C@H](C)C(=O)N1CCNC(=O)C[C@H]1c1ccccc1. The van der Waals surface area contributed by atoms with Crippen LogP contribution in [0.4, 0.5) is 0 Å². The van der Waals surface area contributed by atoms with Crippen LogP contribution in [0.1, 0.15) is 24.9 Å². The maximum Gasteiger partial charge on any atom is 0.235 e. The molecular formula is C15H20N2O2S. The van der Waals surface area contributed by atoms with E-state index in [1.165, 1.54) is 11.8 Å². The largest absolute Gasteiger partial charge is 0.354 e. The molecule has 2 atom stereocenters. The van der Waals surface area contributed by atoms with Crippen LogP contribution in [-0.2, 0) is 9.59 Å². The van der Waals surface area contributed by atoms with Crippen LogP contribution in [-0.4, -0.2) is 41.3 Å². The predicted molar refractivity (Wildman–Crippen MR) is 81.5 cm³/mol. The zero-order valence-electron chi connectivity index (χ0n) is 11.8. The number of carbonyl (C=O) groups is 2. The second-order valence-electron chi connectivity index (χ2n) is 4.89. The Morgan fingerprint density at radius 2 is 2.10 bits per heavy atom. The van der Waals surface area contributed by atoms with Gasteiger partial charge in [-0.05, 0) is 18.7 Å². The molecule has 20 heavy (non-hydrogen) atoms. The molecule has 1 aromatic carbocycles. The fourth-order valence-electron chi connectivity index (χ4n) is 2.40. The zero-order valence-corrected chi connectivity index (χ0v) is 12.7. The molecule has 0 bridgehead atoms. The number of rotatable bonds is 3. The van der Waals surface area contributed by atoms with Crippen molar-refractivity contribution in [1.82, 2.24) is 10.2 Å². The second kappa shape index (κ2) is 6.79. The number of benzene rings is 1. The third kappa shape index (κ3) is 3.33. The number of carbonyl (C=O) groups excluding carboxylic acids is 2. The van der Waals surface area contributed by atoms with Crippen molar-refractivity contribution in [1.29, 1.82) is 0 Å². The van der Waals surface area contributed by atoms with Crippen LogP contribution in [0.15, 0.2) is 30.3 Å². The molecule has 0 aromatic heterocycles. The first-order valence-electron chi connectivity index (χ1n) is 6.78. The van der Waals surface area contributed by atoms with Crippen molar-refractivity contribution in [3.8, 4) is 0 Å². The van der Waals surface area contributed by atoms with Crippen molar-refractivity contribution in [2.75, 3.05) is 19.3 Å². The summed E-state index contributed by atoms with van der Waals surface area (Å²) in [6.45, 7) is 3.00. The molecule has 1 aliphatic heterocycles. The molecule has 108 valence electrons. The van der Waals surface area contributed by atoms with E-state index in [1.807, 2.05) is 48.4 Å². The van der Waals surface area contributed by atoms with Crippen LogP contribution in [0, 0.1) is 0 Å². The molecule has 2 amide bonds. The quantitative estimate of drug-likeness (QED) is 0.924. The lowest BCUT2D eigenvalue weighted by atomic mass is 10.0. The Bertz CT molecular complexity index is 478. The first-order chi connectivity index (χ1) is 9.63. The third-order valence-electron chi connectivity index (χ3n) is 3.60. The van der Waals surface area contributed by atoms with E-state index in [-0.39, 0.29) is 23.1 Å². The minimum absolute atomic E-state index is 0.00552. The minimum Gasteiger partial charge on any atom is -0.354 e. The van der Waals surface area contributed by atoms with Crippen LogP contribution in [0.3, 0.4) is 0 Å². The van der Waals surface area contributed by atoms with Crippen LogP contribution in [0.5, 0.6) is 0 Å². The summed E-state index contributed by atoms with van der Waals surface area (Å²) in [5.74, 6) is 0.105. The van der Waals surface area contributed by atoms with Gasteiger partial charge < -0.3 is 10.2 Å². The molecule has 1 heterocycles. The number of nitrogens with zero attached hydrogens (tertiary/aromatic N) is 1. The lowest BCUT2D eigenvalue weighted by Gasteiger charge is -2.31. The van der Waals surface area contributed by atoms with E-state index < -0.39 is 0 Å². The average molecular weight is 292 g/mol. The lowest BCUT2D eigenvalue weighted by Crippen LogP contribution is -2.40. The van der Waals surface area contributed by atoms with Crippen molar-refractivity contribution in [2.24, 2.45) is 0 Å². The van der Waals surface area contributed by atoms with Crippen molar-refractivity contribution >= 4 is 23.6 Å². The van der Waals surface area contributed by atoms with Crippen LogP contribution < -0.4 is 5.32 Å². The lowest BCUT2D eigenvalue weighted by molar-refractivity contribution is -0.132. The molecule has 1 aromatic rings. The van der Waals surface area contributed by atoms with Gasteiger partial charge >= 0.3 is 0 Å². The zero-order chi connectivity index (χ0) is 14.5. The van der Waals surface area contributed by atoms with E-state index in [9.17, 15) is 9.59 Å². The Kier molecular flexibility index (Phi) is 5.06. The van der Waals surface area contributed by atoms with Crippen molar-refractivity contribution in [3.05, 3.63) is 35.9 Å². The molecule has 1 N–H and O–H groups in total. The highest BCUT2D eigenvalue weighted by molar-refractivity contribution is 7.99. The van der Waals surface area contributed by atoms with Gasteiger partial charge in [0.1, 0.15) is 0 Å². The van der Waals surface area contributed by atoms with Crippen molar-refractivity contribution in [2.45, 2.75) is 24.6 Å². The van der Waals surface area contributed by atoms with E-state index in [4.69, 9.17) is 0 Å². The topological polar surface area (TPSA) is 49.4 Å². The first-order valence-corrected chi connectivity index (χ1v) is 8.07. The summed E-state index contributed by atoms with van der Waals surface area (Å²) in [5.41, 5.74) is 1.02. The molecule has 4 nitrogen and oxygen atoms in total. The molecule has 5 heteroatoms. The monoisotopic (exact) mass is 292 g/mol. The second-order valence-corrected chi connectivity index (χ2v) is 6.07. The molecule has 2 rings (SSSR count). The summed E-state index contributed by atoms with van der Waals surface area (Å²) < 4.78 is 0. The summed E-state index contributed by atoms with van der Waals surface area (Å²) in [6.07, 6.45) is 2.26. The number of nitrogens with one attached hydrogen (secondary N) is 1. The highest BCUT2D eigenvalue weighted by Crippen LogP contribution is 2.27. The van der Waals surface area contributed by atoms with Gasteiger partial charge in [-0.15, -0.1) is 0 Å². The normalized spacial score (nSPS) is 21.0. The van der Waals surface area contributed by atoms with Gasteiger partial charge in [0.25, 0.3) is 0 Å². The predicted octanol–water partition coefficient (Wildman–Crippen LogP) is 1.83. The third-order valence-corrected chi connectivity index (χ3v) is 4.51. The molecule has 1 aliphatic rings. The molecule has 0 saturated carbocycles. The molecule has 0 unspecified atom stereocenters. The van der Waals surface area contributed by atoms with Crippen molar-refractivity contribution < 1.29 is 9.59 Å². The van der Waals surface area contributed by atoms with Crippen molar-refractivity contribution in [3.63, 3.8) is 0 Å². The highest BCUT2D eigenvalue weighted by Gasteiger charge is 2.31. The fourth-order valence-corrected chi connectivity index (χ4v) is 2.74.